The molecule has 24 heavy (non-hydrogen) atoms. The van der Waals surface area contributed by atoms with E-state index in [2.05, 4.69) is 10.2 Å². The van der Waals surface area contributed by atoms with Crippen LogP contribution in [0.25, 0.3) is 0 Å². The minimum absolute atomic E-state index is 0.0631. The lowest BCUT2D eigenvalue weighted by atomic mass is 10.1. The van der Waals surface area contributed by atoms with Crippen molar-refractivity contribution >= 4 is 23.4 Å². The van der Waals surface area contributed by atoms with Crippen LogP contribution in [0.4, 0.5) is 10.2 Å². The number of carbonyl (C=O) groups is 1. The molecule has 1 aromatic heterocycles. The minimum Gasteiger partial charge on any atom is -0.489 e. The van der Waals surface area contributed by atoms with Crippen LogP contribution in [-0.2, 0) is 0 Å². The number of hydrogen-bond donors (Lipinski definition) is 1. The van der Waals surface area contributed by atoms with Crippen LogP contribution in [0, 0.1) is 5.82 Å². The zero-order chi connectivity index (χ0) is 17.1. The maximum atomic E-state index is 13.3. The highest BCUT2D eigenvalue weighted by Crippen LogP contribution is 2.28. The van der Waals surface area contributed by atoms with Crippen LogP contribution in [-0.4, -0.2) is 40.5 Å². The molecule has 0 aliphatic carbocycles. The van der Waals surface area contributed by atoms with E-state index in [0.29, 0.717) is 29.7 Å². The van der Waals surface area contributed by atoms with Crippen molar-refractivity contribution in [1.82, 2.24) is 10.2 Å². The Morgan fingerprint density at radius 3 is 2.62 bits per heavy atom. The summed E-state index contributed by atoms with van der Waals surface area (Å²) in [5.74, 6) is -0.517. The van der Waals surface area contributed by atoms with Crippen molar-refractivity contribution in [2.75, 3.05) is 18.0 Å². The Bertz CT molecular complexity index is 734. The van der Waals surface area contributed by atoms with E-state index in [1.165, 1.54) is 24.3 Å². The molecule has 0 bridgehead atoms. The largest absolute Gasteiger partial charge is 0.489 e. The smallest absolute Gasteiger partial charge is 0.356 e. The van der Waals surface area contributed by atoms with Crippen molar-refractivity contribution < 1.29 is 19.0 Å². The van der Waals surface area contributed by atoms with Crippen LogP contribution >= 0.6 is 11.6 Å². The Kier molecular flexibility index (Phi) is 4.80. The maximum absolute atomic E-state index is 13.3. The number of ether oxygens (including phenoxy) is 1. The molecule has 6 nitrogen and oxygen atoms in total. The van der Waals surface area contributed by atoms with E-state index < -0.39 is 5.97 Å². The molecule has 8 heteroatoms. The Labute approximate surface area is 142 Å². The molecular weight excluding hydrogens is 337 g/mol. The van der Waals surface area contributed by atoms with Crippen LogP contribution in [0.3, 0.4) is 0 Å². The van der Waals surface area contributed by atoms with Gasteiger partial charge in [-0.2, -0.15) is 0 Å². The van der Waals surface area contributed by atoms with Gasteiger partial charge in [-0.1, -0.05) is 11.6 Å². The first-order valence-electron chi connectivity index (χ1n) is 7.46. The number of carboxylic acid groups (broad SMARTS) is 1. The van der Waals surface area contributed by atoms with Crippen LogP contribution in [0.2, 0.25) is 5.02 Å². The molecule has 0 spiro atoms. The molecule has 1 saturated heterocycles. The summed E-state index contributed by atoms with van der Waals surface area (Å²) >= 11 is 6.01. The molecule has 1 fully saturated rings. The number of anilines is 1. The number of aromatic nitrogens is 2. The Hall–Kier alpha value is -2.41. The van der Waals surface area contributed by atoms with Gasteiger partial charge in [-0.15, -0.1) is 10.2 Å². The van der Waals surface area contributed by atoms with Gasteiger partial charge in [0, 0.05) is 32.0 Å². The number of benzene rings is 1. The van der Waals surface area contributed by atoms with Crippen molar-refractivity contribution in [2.45, 2.75) is 18.9 Å². The number of hydrogen-bond acceptors (Lipinski definition) is 5. The van der Waals surface area contributed by atoms with Gasteiger partial charge in [-0.05, 0) is 24.3 Å². The molecule has 3 rings (SSSR count). The lowest BCUT2D eigenvalue weighted by molar-refractivity contribution is 0.0689. The summed E-state index contributed by atoms with van der Waals surface area (Å²) in [4.78, 5) is 12.8. The molecule has 126 valence electrons. The third-order valence-corrected chi connectivity index (χ3v) is 4.13. The second-order valence-corrected chi connectivity index (χ2v) is 5.87. The highest BCUT2D eigenvalue weighted by atomic mass is 35.5. The van der Waals surface area contributed by atoms with E-state index in [9.17, 15) is 9.18 Å². The predicted octanol–water partition coefficient (Wildman–Crippen LogP) is 3.02. The van der Waals surface area contributed by atoms with Gasteiger partial charge >= 0.3 is 5.97 Å². The Morgan fingerprint density at radius 2 is 2.00 bits per heavy atom. The van der Waals surface area contributed by atoms with Gasteiger partial charge in [0.1, 0.15) is 17.7 Å². The molecule has 0 atom stereocenters. The van der Waals surface area contributed by atoms with Crippen LogP contribution in [0.1, 0.15) is 23.3 Å². The summed E-state index contributed by atoms with van der Waals surface area (Å²) < 4.78 is 19.1. The zero-order valence-corrected chi connectivity index (χ0v) is 13.4. The lowest BCUT2D eigenvalue weighted by Gasteiger charge is -2.32. The topological polar surface area (TPSA) is 75.5 Å². The van der Waals surface area contributed by atoms with Crippen molar-refractivity contribution in [1.29, 1.82) is 0 Å². The van der Waals surface area contributed by atoms with E-state index in [1.807, 2.05) is 4.90 Å². The van der Waals surface area contributed by atoms with E-state index >= 15 is 0 Å². The van der Waals surface area contributed by atoms with Crippen molar-refractivity contribution in [3.8, 4) is 5.75 Å². The normalized spacial score (nSPS) is 15.3. The van der Waals surface area contributed by atoms with Crippen molar-refractivity contribution in [3.05, 3.63) is 46.9 Å². The molecule has 0 radical (unpaired) electrons. The monoisotopic (exact) mass is 351 g/mol. The summed E-state index contributed by atoms with van der Waals surface area (Å²) in [6.45, 7) is 1.36. The van der Waals surface area contributed by atoms with Crippen molar-refractivity contribution in [2.24, 2.45) is 0 Å². The summed E-state index contributed by atoms with van der Waals surface area (Å²) in [5, 5.41) is 16.8. The van der Waals surface area contributed by atoms with Gasteiger partial charge < -0.3 is 14.7 Å². The summed E-state index contributed by atoms with van der Waals surface area (Å²) in [6, 6.07) is 7.11. The molecule has 1 N–H and O–H groups in total. The average molecular weight is 352 g/mol. The molecule has 1 aliphatic heterocycles. The Balaban J connectivity index is 1.59. The van der Waals surface area contributed by atoms with E-state index in [1.54, 1.807) is 6.07 Å². The number of rotatable bonds is 4. The summed E-state index contributed by atoms with van der Waals surface area (Å²) in [7, 11) is 0. The summed E-state index contributed by atoms with van der Waals surface area (Å²) in [6.07, 6.45) is 1.37. The lowest BCUT2D eigenvalue weighted by Crippen LogP contribution is -2.38. The highest BCUT2D eigenvalue weighted by Gasteiger charge is 2.23. The molecule has 1 aromatic carbocycles. The fraction of sp³-hybridized carbons (Fsp3) is 0.312. The number of carboxylic acids is 1. The van der Waals surface area contributed by atoms with E-state index in [-0.39, 0.29) is 17.6 Å². The number of piperidine rings is 1. The van der Waals surface area contributed by atoms with Gasteiger partial charge in [-0.3, -0.25) is 0 Å². The molecule has 0 saturated carbocycles. The average Bonchev–Trinajstić information content (AvgIpc) is 2.59. The number of nitrogens with zero attached hydrogens (tertiary/aromatic N) is 3. The second-order valence-electron chi connectivity index (χ2n) is 5.46. The molecule has 2 heterocycles. The van der Waals surface area contributed by atoms with Gasteiger partial charge in [0.05, 0.1) is 5.02 Å². The Morgan fingerprint density at radius 1 is 1.25 bits per heavy atom. The van der Waals surface area contributed by atoms with Crippen molar-refractivity contribution in [3.63, 3.8) is 0 Å². The molecule has 2 aromatic rings. The third kappa shape index (κ3) is 3.73. The fourth-order valence-corrected chi connectivity index (χ4v) is 2.72. The SMILES string of the molecule is O=C(O)c1ccc(N2CCC(Oc3cc(F)ccc3Cl)CC2)nn1. The summed E-state index contributed by atoms with van der Waals surface area (Å²) in [5.41, 5.74) is -0.0854. The molecule has 0 amide bonds. The molecule has 0 unspecified atom stereocenters. The van der Waals surface area contributed by atoms with Crippen LogP contribution < -0.4 is 9.64 Å². The first-order valence-corrected chi connectivity index (χ1v) is 7.84. The number of aromatic carboxylic acids is 1. The maximum Gasteiger partial charge on any atom is 0.356 e. The molecule has 1 aliphatic rings. The van der Waals surface area contributed by atoms with E-state index in [0.717, 1.165) is 12.8 Å². The first kappa shape index (κ1) is 16.4. The van der Waals surface area contributed by atoms with Crippen LogP contribution in [0.5, 0.6) is 5.75 Å². The van der Waals surface area contributed by atoms with Gasteiger partial charge in [0.2, 0.25) is 0 Å². The first-order chi connectivity index (χ1) is 11.5. The number of halogens is 2. The highest BCUT2D eigenvalue weighted by molar-refractivity contribution is 6.32. The third-order valence-electron chi connectivity index (χ3n) is 3.82. The van der Waals surface area contributed by atoms with Crippen LogP contribution in [0.15, 0.2) is 30.3 Å². The fourth-order valence-electron chi connectivity index (χ4n) is 2.56. The standard InChI is InChI=1S/C16H15ClFN3O3/c17-12-2-1-10(18)9-14(12)24-11-5-7-21(8-6-11)15-4-3-13(16(22)23)19-20-15/h1-4,9,11H,5-8H2,(H,22,23). The van der Waals surface area contributed by atoms with Gasteiger partial charge in [-0.25, -0.2) is 9.18 Å². The predicted molar refractivity (Wildman–Crippen MR) is 86.3 cm³/mol. The van der Waals surface area contributed by atoms with E-state index in [4.69, 9.17) is 21.4 Å². The quantitative estimate of drug-likeness (QED) is 0.912. The zero-order valence-electron chi connectivity index (χ0n) is 12.7. The van der Waals surface area contributed by atoms with Gasteiger partial charge in [0.15, 0.2) is 11.5 Å². The second kappa shape index (κ2) is 7.00. The minimum atomic E-state index is -1.10. The molecular formula is C16H15ClFN3O3. The van der Waals surface area contributed by atoms with Gasteiger partial charge in [0.25, 0.3) is 0 Å².